The summed E-state index contributed by atoms with van der Waals surface area (Å²) in [6.45, 7) is 4.37. The van der Waals surface area contributed by atoms with Crippen molar-refractivity contribution in [1.29, 1.82) is 0 Å². The molecule has 27 heavy (non-hydrogen) atoms. The van der Waals surface area contributed by atoms with Crippen LogP contribution in [0.4, 0.5) is 0 Å². The molecular formula is C18H25N7O2. The summed E-state index contributed by atoms with van der Waals surface area (Å²) in [7, 11) is 0. The molecule has 1 atom stereocenters. The molecule has 1 saturated heterocycles. The number of rotatable bonds is 2. The van der Waals surface area contributed by atoms with Crippen molar-refractivity contribution in [3.8, 4) is 0 Å². The van der Waals surface area contributed by atoms with Gasteiger partial charge in [0.05, 0.1) is 19.0 Å². The van der Waals surface area contributed by atoms with Gasteiger partial charge in [-0.15, -0.1) is 0 Å². The molecule has 0 spiro atoms. The average Bonchev–Trinajstić information content (AvgIpc) is 3.30. The van der Waals surface area contributed by atoms with Gasteiger partial charge in [-0.3, -0.25) is 4.79 Å². The Hall–Kier alpha value is -2.29. The first-order valence-electron chi connectivity index (χ1n) is 9.95. The highest BCUT2D eigenvalue weighted by Gasteiger charge is 2.31. The highest BCUT2D eigenvalue weighted by molar-refractivity contribution is 5.79. The van der Waals surface area contributed by atoms with Crippen molar-refractivity contribution in [2.24, 2.45) is 5.92 Å². The summed E-state index contributed by atoms with van der Waals surface area (Å²) in [6, 6.07) is 0. The van der Waals surface area contributed by atoms with Crippen LogP contribution in [0.3, 0.4) is 0 Å². The van der Waals surface area contributed by atoms with E-state index in [0.29, 0.717) is 25.6 Å². The number of aryl methyl sites for hydroxylation is 1. The van der Waals surface area contributed by atoms with Crippen LogP contribution in [-0.4, -0.2) is 66.6 Å². The van der Waals surface area contributed by atoms with Gasteiger partial charge in [-0.2, -0.15) is 10.2 Å². The third kappa shape index (κ3) is 3.24. The van der Waals surface area contributed by atoms with Crippen molar-refractivity contribution < 1.29 is 9.53 Å². The Bertz CT molecular complexity index is 798. The normalized spacial score (nSPS) is 23.6. The highest BCUT2D eigenvalue weighted by Crippen LogP contribution is 2.25. The zero-order valence-electron chi connectivity index (χ0n) is 15.5. The van der Waals surface area contributed by atoms with E-state index in [9.17, 15) is 4.79 Å². The molecule has 0 N–H and O–H groups in total. The van der Waals surface area contributed by atoms with Crippen LogP contribution in [0.15, 0.2) is 6.33 Å². The molecule has 1 fully saturated rings. The van der Waals surface area contributed by atoms with Crippen LogP contribution in [0.1, 0.15) is 42.7 Å². The molecular weight excluding hydrogens is 346 g/mol. The van der Waals surface area contributed by atoms with Crippen LogP contribution < -0.4 is 0 Å². The topological polar surface area (TPSA) is 91.0 Å². The van der Waals surface area contributed by atoms with E-state index in [1.807, 2.05) is 14.3 Å². The quantitative estimate of drug-likeness (QED) is 0.759. The molecule has 1 amide bonds. The zero-order chi connectivity index (χ0) is 18.2. The highest BCUT2D eigenvalue weighted by atomic mass is 16.5. The maximum Gasteiger partial charge on any atom is 0.227 e. The lowest BCUT2D eigenvalue weighted by molar-refractivity contribution is -0.136. The van der Waals surface area contributed by atoms with E-state index in [1.54, 1.807) is 6.33 Å². The van der Waals surface area contributed by atoms with E-state index in [-0.39, 0.29) is 11.8 Å². The van der Waals surface area contributed by atoms with Gasteiger partial charge in [0.25, 0.3) is 0 Å². The summed E-state index contributed by atoms with van der Waals surface area (Å²) in [6.07, 6.45) is 6.02. The number of carbonyl (C=O) groups excluding carboxylic acids is 1. The Morgan fingerprint density at radius 2 is 1.93 bits per heavy atom. The lowest BCUT2D eigenvalue weighted by Gasteiger charge is -2.28. The van der Waals surface area contributed by atoms with Gasteiger partial charge in [-0.1, -0.05) is 0 Å². The number of aromatic nitrogens is 6. The standard InChI is InChI=1S/C18H25N7O2/c26-18(14-1-2-15-19-12-20-25(15)11-14)23-6-3-16-21-17(22-24(16)8-7-23)13-4-9-27-10-5-13/h12-14H,1-11H2. The molecule has 144 valence electrons. The molecule has 0 saturated carbocycles. The van der Waals surface area contributed by atoms with Crippen LogP contribution in [-0.2, 0) is 35.5 Å². The van der Waals surface area contributed by atoms with E-state index < -0.39 is 0 Å². The number of nitrogens with zero attached hydrogens (tertiary/aromatic N) is 7. The Morgan fingerprint density at radius 3 is 2.81 bits per heavy atom. The number of hydrogen-bond acceptors (Lipinski definition) is 6. The molecule has 3 aliphatic rings. The minimum absolute atomic E-state index is 0.00428. The molecule has 1 unspecified atom stereocenters. The number of carbonyl (C=O) groups is 1. The van der Waals surface area contributed by atoms with Crippen molar-refractivity contribution in [3.05, 3.63) is 23.8 Å². The molecule has 0 aliphatic carbocycles. The maximum absolute atomic E-state index is 13.0. The Kier molecular flexibility index (Phi) is 4.39. The fraction of sp³-hybridized carbons (Fsp3) is 0.722. The van der Waals surface area contributed by atoms with Crippen molar-refractivity contribution >= 4 is 5.91 Å². The Morgan fingerprint density at radius 1 is 1.04 bits per heavy atom. The second-order valence-corrected chi connectivity index (χ2v) is 7.67. The van der Waals surface area contributed by atoms with Crippen LogP contribution in [0.2, 0.25) is 0 Å². The molecule has 9 nitrogen and oxygen atoms in total. The number of amides is 1. The van der Waals surface area contributed by atoms with Gasteiger partial charge in [0.15, 0.2) is 5.82 Å². The molecule has 0 aromatic carbocycles. The number of ether oxygens (including phenoxy) is 1. The van der Waals surface area contributed by atoms with Crippen LogP contribution in [0.25, 0.3) is 0 Å². The summed E-state index contributed by atoms with van der Waals surface area (Å²) < 4.78 is 9.32. The van der Waals surface area contributed by atoms with E-state index in [4.69, 9.17) is 14.8 Å². The van der Waals surface area contributed by atoms with E-state index in [1.165, 1.54) is 0 Å². The minimum Gasteiger partial charge on any atom is -0.381 e. The summed E-state index contributed by atoms with van der Waals surface area (Å²) in [5.74, 6) is 3.59. The summed E-state index contributed by atoms with van der Waals surface area (Å²) in [4.78, 5) is 24.1. The van der Waals surface area contributed by atoms with Crippen molar-refractivity contribution in [3.63, 3.8) is 0 Å². The molecule has 2 aromatic heterocycles. The zero-order valence-corrected chi connectivity index (χ0v) is 15.5. The molecule has 3 aliphatic heterocycles. The van der Waals surface area contributed by atoms with E-state index in [2.05, 4.69) is 10.1 Å². The number of hydrogen-bond donors (Lipinski definition) is 0. The summed E-state index contributed by atoms with van der Waals surface area (Å²) in [5.41, 5.74) is 0. The summed E-state index contributed by atoms with van der Waals surface area (Å²) >= 11 is 0. The van der Waals surface area contributed by atoms with Crippen LogP contribution in [0, 0.1) is 5.92 Å². The molecule has 5 rings (SSSR count). The average molecular weight is 371 g/mol. The number of fused-ring (bicyclic) bond motifs is 2. The van der Waals surface area contributed by atoms with Crippen LogP contribution >= 0.6 is 0 Å². The third-order valence-corrected chi connectivity index (χ3v) is 6.00. The fourth-order valence-corrected chi connectivity index (χ4v) is 4.37. The second kappa shape index (κ2) is 7.03. The maximum atomic E-state index is 13.0. The molecule has 2 aromatic rings. The van der Waals surface area contributed by atoms with Gasteiger partial charge in [0.2, 0.25) is 5.91 Å². The fourth-order valence-electron chi connectivity index (χ4n) is 4.37. The van der Waals surface area contributed by atoms with Gasteiger partial charge >= 0.3 is 0 Å². The first kappa shape index (κ1) is 16.9. The minimum atomic E-state index is -0.00428. The van der Waals surface area contributed by atoms with E-state index in [0.717, 1.165) is 69.3 Å². The first-order chi connectivity index (χ1) is 13.3. The van der Waals surface area contributed by atoms with E-state index >= 15 is 0 Å². The van der Waals surface area contributed by atoms with Gasteiger partial charge in [0.1, 0.15) is 18.0 Å². The Balaban J connectivity index is 1.24. The molecule has 0 bridgehead atoms. The van der Waals surface area contributed by atoms with Crippen molar-refractivity contribution in [2.45, 2.75) is 51.1 Å². The largest absolute Gasteiger partial charge is 0.381 e. The van der Waals surface area contributed by atoms with Gasteiger partial charge in [-0.05, 0) is 19.3 Å². The predicted octanol–water partition coefficient (Wildman–Crippen LogP) is 0.411. The monoisotopic (exact) mass is 371 g/mol. The summed E-state index contributed by atoms with van der Waals surface area (Å²) in [5, 5.41) is 8.99. The third-order valence-electron chi connectivity index (χ3n) is 6.00. The van der Waals surface area contributed by atoms with Crippen molar-refractivity contribution in [1.82, 2.24) is 34.4 Å². The first-order valence-corrected chi connectivity index (χ1v) is 9.95. The lowest BCUT2D eigenvalue weighted by atomic mass is 9.98. The van der Waals surface area contributed by atoms with Gasteiger partial charge in [0, 0.05) is 45.1 Å². The predicted molar refractivity (Wildman–Crippen MR) is 94.9 cm³/mol. The van der Waals surface area contributed by atoms with Gasteiger partial charge in [-0.25, -0.2) is 19.3 Å². The smallest absolute Gasteiger partial charge is 0.227 e. The second-order valence-electron chi connectivity index (χ2n) is 7.67. The Labute approximate surface area is 157 Å². The van der Waals surface area contributed by atoms with Crippen LogP contribution in [0.5, 0.6) is 0 Å². The van der Waals surface area contributed by atoms with Crippen molar-refractivity contribution in [2.75, 3.05) is 26.3 Å². The SMILES string of the molecule is O=C(C1CCc2ncnn2C1)N1CCc2nc(C3CCOCC3)nn2CC1. The molecule has 5 heterocycles. The molecule has 9 heteroatoms. The molecule has 0 radical (unpaired) electrons. The lowest BCUT2D eigenvalue weighted by Crippen LogP contribution is -2.41. The van der Waals surface area contributed by atoms with Gasteiger partial charge < -0.3 is 9.64 Å².